The first kappa shape index (κ1) is 48.3. The van der Waals surface area contributed by atoms with Gasteiger partial charge in [0, 0.05) is 45.4 Å². The van der Waals surface area contributed by atoms with Crippen molar-refractivity contribution in [1.29, 1.82) is 0 Å². The fourth-order valence-corrected chi connectivity index (χ4v) is 11.4. The van der Waals surface area contributed by atoms with E-state index in [1.807, 2.05) is 11.3 Å². The molecule has 2 aliphatic heterocycles. The lowest BCUT2D eigenvalue weighted by molar-refractivity contribution is 0.569. The molecular formula is C65H71BN4S. The lowest BCUT2D eigenvalue weighted by Gasteiger charge is -2.44. The van der Waals surface area contributed by atoms with Crippen molar-refractivity contribution < 1.29 is 0 Å². The maximum atomic E-state index is 5.88. The van der Waals surface area contributed by atoms with Crippen molar-refractivity contribution in [3.63, 3.8) is 0 Å². The zero-order chi connectivity index (χ0) is 50.6. The number of para-hydroxylation sites is 2. The molecule has 4 nitrogen and oxygen atoms in total. The molecule has 0 unspecified atom stereocenters. The van der Waals surface area contributed by atoms with Crippen molar-refractivity contribution in [2.45, 2.75) is 131 Å². The smallest absolute Gasteiger partial charge is 0.276 e. The van der Waals surface area contributed by atoms with E-state index >= 15 is 0 Å². The minimum Gasteiger partial charge on any atom is -0.311 e. The average Bonchev–Trinajstić information content (AvgIpc) is 3.75. The highest BCUT2D eigenvalue weighted by Gasteiger charge is 2.47. The van der Waals surface area contributed by atoms with Crippen LogP contribution in [0.3, 0.4) is 0 Å². The van der Waals surface area contributed by atoms with Gasteiger partial charge in [0.2, 0.25) is 0 Å². The van der Waals surface area contributed by atoms with E-state index in [-0.39, 0.29) is 33.8 Å². The molecule has 0 amide bonds. The normalized spacial score (nSPS) is 13.8. The summed E-state index contributed by atoms with van der Waals surface area (Å²) in [5.41, 5.74) is 20.2. The van der Waals surface area contributed by atoms with Crippen LogP contribution in [0.1, 0.15) is 132 Å². The number of anilines is 9. The Kier molecular flexibility index (Phi) is 11.7. The van der Waals surface area contributed by atoms with E-state index in [1.165, 1.54) is 50.1 Å². The summed E-state index contributed by atoms with van der Waals surface area (Å²) in [6, 6.07) is 59.8. The van der Waals surface area contributed by atoms with E-state index in [1.54, 1.807) is 0 Å². The molecule has 0 radical (unpaired) electrons. The first-order valence-corrected chi connectivity index (χ1v) is 26.4. The summed E-state index contributed by atoms with van der Waals surface area (Å²) in [6.45, 7) is 34.7. The molecule has 0 atom stereocenters. The summed E-state index contributed by atoms with van der Waals surface area (Å²) in [7, 11) is 0. The van der Waals surface area contributed by atoms with Gasteiger partial charge in [0.05, 0.1) is 11.3 Å². The van der Waals surface area contributed by atoms with Gasteiger partial charge in [0.25, 0.3) is 6.71 Å². The van der Waals surface area contributed by atoms with Gasteiger partial charge in [-0.05, 0) is 133 Å². The lowest BCUT2D eigenvalue weighted by atomic mass is 9.35. The highest BCUT2D eigenvalue weighted by Crippen LogP contribution is 2.51. The zero-order valence-electron chi connectivity index (χ0n) is 44.8. The lowest BCUT2D eigenvalue weighted by Crippen LogP contribution is -2.61. The fourth-order valence-electron chi connectivity index (χ4n) is 10.3. The van der Waals surface area contributed by atoms with Crippen LogP contribution in [0.5, 0.6) is 0 Å². The molecule has 10 rings (SSSR count). The Morgan fingerprint density at radius 2 is 0.873 bits per heavy atom. The third-order valence-corrected chi connectivity index (χ3v) is 15.7. The molecule has 0 aliphatic carbocycles. The first-order chi connectivity index (χ1) is 33.4. The van der Waals surface area contributed by atoms with E-state index in [2.05, 4.69) is 276 Å². The van der Waals surface area contributed by atoms with E-state index in [0.717, 1.165) is 55.3 Å². The molecule has 0 saturated heterocycles. The summed E-state index contributed by atoms with van der Waals surface area (Å²) in [6.07, 6.45) is 0. The third-order valence-electron chi connectivity index (χ3n) is 14.6. The molecule has 0 bridgehead atoms. The van der Waals surface area contributed by atoms with Crippen LogP contribution in [0.2, 0.25) is 0 Å². The van der Waals surface area contributed by atoms with Crippen LogP contribution in [0.25, 0.3) is 10.6 Å². The van der Waals surface area contributed by atoms with Gasteiger partial charge in [-0.15, -0.1) is 0 Å². The standard InChI is InChI=1S/C65H71BN4S/c1-61(2,3)43-28-26-42(27-29-43)59-67-58-60(71-59)70(51-37-46(64(10,11)12)36-47(38-51)65(13,14)15)56-41-52(68(48-22-18-16-19-23-48)49-24-20-17-21-25-49)40-55-57(56)66(58)53-39-45(63(7,8)9)32-35-54(53)69(55)50-33-30-44(31-34-50)62(4,5)6/h16-41H,1-15H3. The molecular weight excluding hydrogens is 880 g/mol. The van der Waals surface area contributed by atoms with Crippen LogP contribution in [-0.4, -0.2) is 11.7 Å². The third kappa shape index (κ3) is 8.92. The average molecular weight is 951 g/mol. The second kappa shape index (κ2) is 17.2. The molecule has 1 aromatic heterocycles. The number of hydrogen-bond acceptors (Lipinski definition) is 5. The summed E-state index contributed by atoms with van der Waals surface area (Å²) in [5.74, 6) is 0. The van der Waals surface area contributed by atoms with Crippen molar-refractivity contribution in [2.75, 3.05) is 14.7 Å². The number of thiazole rings is 1. The molecule has 0 saturated carbocycles. The predicted octanol–water partition coefficient (Wildman–Crippen LogP) is 16.8. The molecule has 3 heterocycles. The quantitative estimate of drug-likeness (QED) is 0.155. The monoisotopic (exact) mass is 951 g/mol. The van der Waals surface area contributed by atoms with Crippen LogP contribution < -0.4 is 31.2 Å². The van der Waals surface area contributed by atoms with Crippen LogP contribution in [0.4, 0.5) is 50.5 Å². The van der Waals surface area contributed by atoms with Gasteiger partial charge >= 0.3 is 0 Å². The molecule has 71 heavy (non-hydrogen) atoms. The van der Waals surface area contributed by atoms with E-state index in [4.69, 9.17) is 4.98 Å². The second-order valence-electron chi connectivity index (χ2n) is 25.1. The van der Waals surface area contributed by atoms with Crippen LogP contribution in [-0.2, 0) is 27.1 Å². The van der Waals surface area contributed by atoms with Crippen LogP contribution in [0.15, 0.2) is 158 Å². The number of nitrogens with zero attached hydrogens (tertiary/aromatic N) is 4. The number of benzene rings is 7. The van der Waals surface area contributed by atoms with Gasteiger partial charge in [-0.25, -0.2) is 4.98 Å². The minimum atomic E-state index is -0.142. The predicted molar refractivity (Wildman–Crippen MR) is 310 cm³/mol. The fraction of sp³-hybridized carbons (Fsp3) is 0.308. The molecule has 360 valence electrons. The van der Waals surface area contributed by atoms with Gasteiger partial charge in [0.15, 0.2) is 0 Å². The minimum absolute atomic E-state index is 0.00971. The number of rotatable bonds is 6. The Labute approximate surface area is 429 Å². The van der Waals surface area contributed by atoms with Crippen molar-refractivity contribution in [3.8, 4) is 10.6 Å². The second-order valence-corrected chi connectivity index (χ2v) is 26.1. The van der Waals surface area contributed by atoms with Crippen LogP contribution >= 0.6 is 11.3 Å². The Hall–Kier alpha value is -6.37. The van der Waals surface area contributed by atoms with Gasteiger partial charge in [-0.3, -0.25) is 0 Å². The molecule has 2 aliphatic rings. The topological polar surface area (TPSA) is 22.6 Å². The highest BCUT2D eigenvalue weighted by molar-refractivity contribution is 7.22. The van der Waals surface area contributed by atoms with Gasteiger partial charge in [0.1, 0.15) is 10.0 Å². The maximum Gasteiger partial charge on any atom is 0.276 e. The Bertz CT molecular complexity index is 3190. The van der Waals surface area contributed by atoms with Crippen molar-refractivity contribution >= 4 is 85.1 Å². The molecule has 0 N–H and O–H groups in total. The number of hydrogen-bond donors (Lipinski definition) is 0. The zero-order valence-corrected chi connectivity index (χ0v) is 45.6. The molecule has 6 heteroatoms. The van der Waals surface area contributed by atoms with Crippen molar-refractivity contribution in [2.24, 2.45) is 0 Å². The summed E-state index contributed by atoms with van der Waals surface area (Å²) in [5, 5.41) is 2.19. The number of fused-ring (bicyclic) bond motifs is 4. The summed E-state index contributed by atoms with van der Waals surface area (Å²) in [4.78, 5) is 13.5. The van der Waals surface area contributed by atoms with Gasteiger partial charge < -0.3 is 14.7 Å². The van der Waals surface area contributed by atoms with Crippen LogP contribution in [0, 0.1) is 0 Å². The van der Waals surface area contributed by atoms with E-state index < -0.39 is 0 Å². The van der Waals surface area contributed by atoms with Gasteiger partial charge in [-0.1, -0.05) is 206 Å². The van der Waals surface area contributed by atoms with E-state index in [9.17, 15) is 0 Å². The molecule has 0 fully saturated rings. The van der Waals surface area contributed by atoms with Crippen molar-refractivity contribution in [3.05, 3.63) is 186 Å². The van der Waals surface area contributed by atoms with Crippen molar-refractivity contribution in [1.82, 2.24) is 4.98 Å². The SMILES string of the molecule is CC(C)(C)c1ccc(-c2nc3c(s2)N(c2cc(C(C)(C)C)cc(C(C)(C)C)c2)c2cc(N(c4ccccc4)c4ccccc4)cc4c2B3c2cc(C(C)(C)C)ccc2N4c2ccc(C(C)(C)C)cc2)cc1. The van der Waals surface area contributed by atoms with Gasteiger partial charge in [-0.2, -0.15) is 0 Å². The highest BCUT2D eigenvalue weighted by atomic mass is 32.1. The Morgan fingerprint density at radius 3 is 1.37 bits per heavy atom. The number of aromatic nitrogens is 1. The summed E-state index contributed by atoms with van der Waals surface area (Å²) < 4.78 is 0. The summed E-state index contributed by atoms with van der Waals surface area (Å²) >= 11 is 1.82. The largest absolute Gasteiger partial charge is 0.311 e. The molecule has 7 aromatic carbocycles. The molecule has 0 spiro atoms. The maximum absolute atomic E-state index is 5.88. The van der Waals surface area contributed by atoms with E-state index in [0.29, 0.717) is 0 Å². The Balaban J connectivity index is 1.36. The Morgan fingerprint density at radius 1 is 0.408 bits per heavy atom. The first-order valence-electron chi connectivity index (χ1n) is 25.6. The molecule has 8 aromatic rings.